The summed E-state index contributed by atoms with van der Waals surface area (Å²) in [5.74, 6) is -0.739. The number of benzene rings is 1. The third kappa shape index (κ3) is 3.47. The molecule has 3 aliphatic heterocycles. The van der Waals surface area contributed by atoms with Gasteiger partial charge in [0.1, 0.15) is 18.2 Å². The molecule has 3 heterocycles. The van der Waals surface area contributed by atoms with E-state index < -0.39 is 11.9 Å². The normalized spacial score (nSPS) is 28.0. The van der Waals surface area contributed by atoms with Crippen molar-refractivity contribution in [2.45, 2.75) is 44.8 Å². The van der Waals surface area contributed by atoms with Gasteiger partial charge in [0.25, 0.3) is 0 Å². The van der Waals surface area contributed by atoms with Gasteiger partial charge in [-0.1, -0.05) is 5.57 Å². The number of fused-ring (bicyclic) bond motifs is 2. The molecule has 7 nitrogen and oxygen atoms in total. The maximum absolute atomic E-state index is 14.4. The van der Waals surface area contributed by atoms with Gasteiger partial charge in [0, 0.05) is 23.6 Å². The van der Waals surface area contributed by atoms with Crippen molar-refractivity contribution < 1.29 is 18.7 Å². The zero-order valence-corrected chi connectivity index (χ0v) is 16.3. The first-order chi connectivity index (χ1) is 13.9. The molecule has 2 amide bonds. The molecular formula is C21H23FN4O3. The van der Waals surface area contributed by atoms with Crippen molar-refractivity contribution in [2.75, 3.05) is 13.2 Å². The van der Waals surface area contributed by atoms with Crippen molar-refractivity contribution >= 4 is 11.8 Å². The molecule has 4 atom stereocenters. The summed E-state index contributed by atoms with van der Waals surface area (Å²) in [7, 11) is 0. The van der Waals surface area contributed by atoms with Crippen molar-refractivity contribution in [3.63, 3.8) is 0 Å². The van der Waals surface area contributed by atoms with E-state index in [2.05, 4.69) is 22.9 Å². The smallest absolute Gasteiger partial charge is 0.247 e. The first kappa shape index (κ1) is 19.4. The summed E-state index contributed by atoms with van der Waals surface area (Å²) < 4.78 is 19.8. The lowest BCUT2D eigenvalue weighted by Crippen LogP contribution is -2.57. The Kier molecular flexibility index (Phi) is 5.01. The van der Waals surface area contributed by atoms with E-state index >= 15 is 0 Å². The highest BCUT2D eigenvalue weighted by molar-refractivity contribution is 6.00. The SMILES string of the molecule is CC1=C(CC(=O)N[C@H]2COc3cc(C#N)cc(F)c32)C(=O)NC2CCNC(C)C12. The molecule has 4 rings (SSSR count). The Balaban J connectivity index is 1.51. The van der Waals surface area contributed by atoms with E-state index in [0.29, 0.717) is 5.57 Å². The van der Waals surface area contributed by atoms with Crippen LogP contribution in [0, 0.1) is 23.1 Å². The molecular weight excluding hydrogens is 375 g/mol. The third-order valence-corrected chi connectivity index (χ3v) is 6.11. The molecule has 0 spiro atoms. The molecule has 3 N–H and O–H groups in total. The number of hydrogen-bond donors (Lipinski definition) is 3. The molecule has 1 fully saturated rings. The zero-order chi connectivity index (χ0) is 20.7. The average Bonchev–Trinajstić information content (AvgIpc) is 3.08. The van der Waals surface area contributed by atoms with Crippen LogP contribution >= 0.6 is 0 Å². The number of piperidine rings is 1. The molecule has 0 aromatic heterocycles. The quantitative estimate of drug-likeness (QED) is 0.715. The van der Waals surface area contributed by atoms with Crippen LogP contribution in [0.1, 0.15) is 43.9 Å². The van der Waals surface area contributed by atoms with E-state index in [0.717, 1.165) is 24.6 Å². The van der Waals surface area contributed by atoms with Gasteiger partial charge in [-0.15, -0.1) is 0 Å². The number of hydrogen-bond acceptors (Lipinski definition) is 5. The van der Waals surface area contributed by atoms with Crippen LogP contribution in [-0.2, 0) is 9.59 Å². The Morgan fingerprint density at radius 3 is 3.00 bits per heavy atom. The Morgan fingerprint density at radius 2 is 2.24 bits per heavy atom. The van der Waals surface area contributed by atoms with E-state index in [-0.39, 0.29) is 59.7 Å². The van der Waals surface area contributed by atoms with Gasteiger partial charge in [-0.25, -0.2) is 4.39 Å². The summed E-state index contributed by atoms with van der Waals surface area (Å²) in [4.78, 5) is 25.3. The highest BCUT2D eigenvalue weighted by Crippen LogP contribution is 2.36. The molecule has 1 aromatic rings. The highest BCUT2D eigenvalue weighted by Gasteiger charge is 2.39. The Hall–Kier alpha value is -2.92. The number of carbonyl (C=O) groups excluding carboxylic acids is 2. The van der Waals surface area contributed by atoms with Crippen LogP contribution in [-0.4, -0.2) is 37.0 Å². The second-order valence-corrected chi connectivity index (χ2v) is 7.89. The summed E-state index contributed by atoms with van der Waals surface area (Å²) in [5.41, 5.74) is 1.80. The molecule has 152 valence electrons. The van der Waals surface area contributed by atoms with Gasteiger partial charge >= 0.3 is 0 Å². The van der Waals surface area contributed by atoms with E-state index in [4.69, 9.17) is 10.00 Å². The molecule has 8 heteroatoms. The lowest BCUT2D eigenvalue weighted by molar-refractivity contribution is -0.124. The number of rotatable bonds is 3. The number of amides is 2. The maximum Gasteiger partial charge on any atom is 0.247 e. The fraction of sp³-hybridized carbons (Fsp3) is 0.476. The highest BCUT2D eigenvalue weighted by atomic mass is 19.1. The summed E-state index contributed by atoms with van der Waals surface area (Å²) >= 11 is 0. The minimum Gasteiger partial charge on any atom is -0.491 e. The van der Waals surface area contributed by atoms with E-state index in [1.807, 2.05) is 13.0 Å². The zero-order valence-electron chi connectivity index (χ0n) is 16.3. The van der Waals surface area contributed by atoms with E-state index in [1.165, 1.54) is 6.07 Å². The standard InChI is InChI=1S/C21H23FN4O3/c1-10-13(21(28)26-15-3-4-24-11(2)19(10)15)7-18(27)25-16-9-29-17-6-12(8-23)5-14(22)20(16)17/h5-6,11,15-16,19,24H,3-4,7,9H2,1-2H3,(H,25,27)(H,26,28)/t11?,15?,16-,19?/m0/s1. The summed E-state index contributed by atoms with van der Waals surface area (Å²) in [5, 5.41) is 18.2. The van der Waals surface area contributed by atoms with Crippen molar-refractivity contribution in [2.24, 2.45) is 5.92 Å². The number of nitrogens with zero attached hydrogens (tertiary/aromatic N) is 1. The molecule has 29 heavy (non-hydrogen) atoms. The predicted molar refractivity (Wildman–Crippen MR) is 102 cm³/mol. The third-order valence-electron chi connectivity index (χ3n) is 6.11. The number of ether oxygens (including phenoxy) is 1. The topological polar surface area (TPSA) is 103 Å². The first-order valence-corrected chi connectivity index (χ1v) is 9.78. The van der Waals surface area contributed by atoms with Crippen molar-refractivity contribution in [3.8, 4) is 11.8 Å². The molecule has 3 aliphatic rings. The molecule has 0 radical (unpaired) electrons. The second kappa shape index (κ2) is 7.48. The predicted octanol–water partition coefficient (Wildman–Crippen LogP) is 1.45. The van der Waals surface area contributed by atoms with Crippen LogP contribution in [0.4, 0.5) is 4.39 Å². The number of carbonyl (C=O) groups is 2. The van der Waals surface area contributed by atoms with Crippen LogP contribution in [0.3, 0.4) is 0 Å². The fourth-order valence-electron chi connectivity index (χ4n) is 4.71. The Labute approximate surface area is 168 Å². The van der Waals surface area contributed by atoms with Gasteiger partial charge in [0.05, 0.1) is 29.7 Å². The Bertz CT molecular complexity index is 952. The summed E-state index contributed by atoms with van der Waals surface area (Å²) in [6.45, 7) is 4.94. The minimum absolute atomic E-state index is 0.0721. The molecule has 1 aromatic carbocycles. The van der Waals surface area contributed by atoms with Crippen molar-refractivity contribution in [1.82, 2.24) is 16.0 Å². The van der Waals surface area contributed by atoms with Crippen LogP contribution in [0.5, 0.6) is 5.75 Å². The van der Waals surface area contributed by atoms with Crippen molar-refractivity contribution in [1.29, 1.82) is 5.26 Å². The second-order valence-electron chi connectivity index (χ2n) is 7.89. The van der Waals surface area contributed by atoms with Crippen molar-refractivity contribution in [3.05, 3.63) is 40.2 Å². The number of nitriles is 1. The van der Waals surface area contributed by atoms with Gasteiger partial charge < -0.3 is 20.7 Å². The lowest BCUT2D eigenvalue weighted by Gasteiger charge is -2.42. The van der Waals surface area contributed by atoms with Crippen LogP contribution in [0.25, 0.3) is 0 Å². The number of nitrogens with one attached hydrogen (secondary N) is 3. The number of halogens is 1. The Morgan fingerprint density at radius 1 is 1.45 bits per heavy atom. The molecule has 0 aliphatic carbocycles. The van der Waals surface area contributed by atoms with Gasteiger partial charge in [-0.05, 0) is 38.9 Å². The molecule has 3 unspecified atom stereocenters. The average molecular weight is 398 g/mol. The van der Waals surface area contributed by atoms with Crippen LogP contribution in [0.15, 0.2) is 23.3 Å². The molecule has 0 bridgehead atoms. The first-order valence-electron chi connectivity index (χ1n) is 9.78. The monoisotopic (exact) mass is 398 g/mol. The van der Waals surface area contributed by atoms with E-state index in [9.17, 15) is 14.0 Å². The lowest BCUT2D eigenvalue weighted by atomic mass is 9.76. The summed E-state index contributed by atoms with van der Waals surface area (Å²) in [6.07, 6.45) is 0.787. The largest absolute Gasteiger partial charge is 0.491 e. The minimum atomic E-state index is -0.652. The fourth-order valence-corrected chi connectivity index (χ4v) is 4.71. The molecule has 1 saturated heterocycles. The maximum atomic E-state index is 14.4. The van der Waals surface area contributed by atoms with E-state index in [1.54, 1.807) is 0 Å². The van der Waals surface area contributed by atoms with Crippen LogP contribution < -0.4 is 20.7 Å². The van der Waals surface area contributed by atoms with Gasteiger partial charge in [-0.2, -0.15) is 5.26 Å². The van der Waals surface area contributed by atoms with Crippen LogP contribution in [0.2, 0.25) is 0 Å². The van der Waals surface area contributed by atoms with Gasteiger partial charge in [0.15, 0.2) is 0 Å². The summed E-state index contributed by atoms with van der Waals surface area (Å²) in [6, 6.07) is 4.12. The molecule has 0 saturated carbocycles. The van der Waals surface area contributed by atoms with Gasteiger partial charge in [-0.3, -0.25) is 9.59 Å². The van der Waals surface area contributed by atoms with Gasteiger partial charge in [0.2, 0.25) is 11.8 Å².